The maximum absolute atomic E-state index is 12.8. The van der Waals surface area contributed by atoms with E-state index in [2.05, 4.69) is 21.3 Å². The summed E-state index contributed by atoms with van der Waals surface area (Å²) in [5.74, 6) is -13.4. The van der Waals surface area contributed by atoms with Gasteiger partial charge in [-0.1, -0.05) is 0 Å². The second-order valence-electron chi connectivity index (χ2n) is 25.5. The van der Waals surface area contributed by atoms with Gasteiger partial charge in [0.25, 0.3) is 11.6 Å². The quantitative estimate of drug-likeness (QED) is 0.0331. The summed E-state index contributed by atoms with van der Waals surface area (Å²) >= 11 is 0. The third-order valence-electron chi connectivity index (χ3n) is 18.1. The highest BCUT2D eigenvalue weighted by molar-refractivity contribution is 5.77. The van der Waals surface area contributed by atoms with Gasteiger partial charge in [0.15, 0.2) is 31.5 Å². The van der Waals surface area contributed by atoms with E-state index < -0.39 is 321 Å². The number of carbonyl (C=O) groups excluding carboxylic acids is 4. The molecule has 0 aromatic rings. The van der Waals surface area contributed by atoms with Crippen molar-refractivity contribution in [3.05, 3.63) is 0 Å². The van der Waals surface area contributed by atoms with Crippen molar-refractivity contribution in [2.24, 2.45) is 0 Å². The molecular weight excluding hydrogens is 1400 g/mol. The van der Waals surface area contributed by atoms with Gasteiger partial charge in [-0.15, -0.1) is 0 Å². The van der Waals surface area contributed by atoms with Gasteiger partial charge >= 0.3 is 11.9 Å². The Morgan fingerprint density at radius 1 is 0.402 bits per heavy atom. The van der Waals surface area contributed by atoms with Crippen LogP contribution >= 0.6 is 0 Å². The molecule has 0 aromatic heterocycles. The largest absolute Gasteiger partial charge is 0.477 e. The first-order valence-electron chi connectivity index (χ1n) is 31.9. The Morgan fingerprint density at radius 3 is 1.10 bits per heavy atom. The predicted octanol–water partition coefficient (Wildman–Crippen LogP) is -17.3. The van der Waals surface area contributed by atoms with E-state index >= 15 is 0 Å². The van der Waals surface area contributed by atoms with Gasteiger partial charge in [-0.25, -0.2) is 9.59 Å². The zero-order valence-corrected chi connectivity index (χ0v) is 54.6. The Bertz CT molecular complexity index is 2770. The van der Waals surface area contributed by atoms with Crippen LogP contribution in [-0.2, 0) is 90.3 Å². The number of carboxylic acid groups (broad SMARTS) is 2. The third kappa shape index (κ3) is 18.9. The van der Waals surface area contributed by atoms with Gasteiger partial charge in [-0.05, 0) is 0 Å². The molecule has 7 aliphatic heterocycles. The standard InChI is InChI=1S/C56H92N4O42/c1-14(65)57-27-18(69)5-55(53(86)87,101-45(27)31(73)20(71)7-61)91-12-25-33(75)38(80)41(83)51(96-25)98-43-22(9-63)94-49(29(36(43)78)59-16(3)67)90-11-24-35(77)40(82)47(48(85)93-24)100-50-30(60-17(4)68)37(79)44(23(10-64)95-50)99-52-42(84)39(81)34(76)26(97-52)13-92-56(54(88)89)6-19(70)28(58-15(2)66)46(102-56)32(74)21(72)8-62/h18-52,61-64,69-85H,5-13H2,1-4H3,(H,57,65)(H,58,66)(H,59,67)(H,60,68)(H,86,87)(H,88,89)/t18-,19-,20+,21+,22+,23+,24+,25+,26+,27+,28+,29+,30+,31+,32+,33-,34-,35-,36+,37+,38-,39-,40-,41+,42+,43+,44+,45+,46+,47+,48?,49+,50-,51-,52-,55+,56+/m0/s1. The van der Waals surface area contributed by atoms with Crippen molar-refractivity contribution in [3.63, 3.8) is 0 Å². The first-order valence-corrected chi connectivity index (χ1v) is 31.9. The SMILES string of the molecule is CC(=O)N[C@H]1[C@H](OC[C@H]2OC(O)[C@H](O[C@@H]3O[C@H](CO)[C@@H](O[C@@H]4O[C@H](CO[C@]5(C(=O)O)C[C@H](O)[C@@H](NC(C)=O)[C@H]([C@H](O)[C@H](O)CO)O5)[C@H](O)[C@H](O)[C@H]4O)[C@H](O)[C@H]3NC(C)=O)[C@@H](O)[C@H]2O)O[C@H](CO)[C@@H](O[C@@H]2O[C@H](CO[C@]3(C(=O)O)C[C@H](O)[C@@H](NC(C)=O)[C@H]([C@H](O)[C@H](O)CO)O3)[C@H](O)[C@H](O)[C@H]2O)[C@@H]1O. The van der Waals surface area contributed by atoms with Crippen molar-refractivity contribution in [1.82, 2.24) is 21.3 Å². The fraction of sp³-hybridized carbons (Fsp3) is 0.893. The van der Waals surface area contributed by atoms with E-state index in [1.54, 1.807) is 0 Å². The summed E-state index contributed by atoms with van der Waals surface area (Å²) in [6.45, 7) is -3.82. The molecule has 27 N–H and O–H groups in total. The van der Waals surface area contributed by atoms with Gasteiger partial charge < -0.3 is 200 Å². The molecule has 1 unspecified atom stereocenters. The van der Waals surface area contributed by atoms with E-state index in [0.717, 1.165) is 27.7 Å². The Labute approximate surface area is 576 Å². The monoisotopic (exact) mass is 1490 g/mol. The highest BCUT2D eigenvalue weighted by Crippen LogP contribution is 2.40. The number of hydrogen-bond donors (Lipinski definition) is 27. The Balaban J connectivity index is 0.998. The molecular formula is C56H92N4O42. The molecule has 7 rings (SSSR count). The molecule has 588 valence electrons. The molecule has 46 nitrogen and oxygen atoms in total. The van der Waals surface area contributed by atoms with Gasteiger partial charge in [-0.3, -0.25) is 19.2 Å². The number of rotatable bonds is 29. The molecule has 0 saturated carbocycles. The van der Waals surface area contributed by atoms with E-state index in [-0.39, 0.29) is 0 Å². The van der Waals surface area contributed by atoms with Crippen LogP contribution in [0.3, 0.4) is 0 Å². The van der Waals surface area contributed by atoms with Crippen molar-refractivity contribution in [1.29, 1.82) is 0 Å². The number of carboxylic acids is 2. The molecule has 4 amide bonds. The zero-order chi connectivity index (χ0) is 76.1. The topological polar surface area (TPSA) is 736 Å². The van der Waals surface area contributed by atoms with Crippen LogP contribution in [0.1, 0.15) is 40.5 Å². The average Bonchev–Trinajstić information content (AvgIpc) is 0.774. The van der Waals surface area contributed by atoms with Crippen molar-refractivity contribution in [3.8, 4) is 0 Å². The summed E-state index contributed by atoms with van der Waals surface area (Å²) < 4.78 is 74.0. The van der Waals surface area contributed by atoms with Gasteiger partial charge in [0.1, 0.15) is 159 Å². The summed E-state index contributed by atoms with van der Waals surface area (Å²) in [6, 6.07) is -6.90. The average molecular weight is 1490 g/mol. The third-order valence-corrected chi connectivity index (χ3v) is 18.1. The van der Waals surface area contributed by atoms with Gasteiger partial charge in [0, 0.05) is 40.5 Å². The summed E-state index contributed by atoms with van der Waals surface area (Å²) in [7, 11) is 0. The van der Waals surface area contributed by atoms with E-state index in [0.29, 0.717) is 0 Å². The number of aliphatic hydroxyl groups excluding tert-OH is 21. The smallest absolute Gasteiger partial charge is 0.364 e. The summed E-state index contributed by atoms with van der Waals surface area (Å²) in [5.41, 5.74) is 0. The molecule has 7 saturated heterocycles. The minimum atomic E-state index is -3.02. The Kier molecular flexibility index (Phi) is 29.8. The van der Waals surface area contributed by atoms with E-state index in [9.17, 15) is 146 Å². The highest BCUT2D eigenvalue weighted by Gasteiger charge is 2.61. The van der Waals surface area contributed by atoms with Crippen molar-refractivity contribution in [2.75, 3.05) is 46.2 Å². The number of aliphatic carboxylic acids is 2. The van der Waals surface area contributed by atoms with Crippen LogP contribution in [0.15, 0.2) is 0 Å². The second-order valence-corrected chi connectivity index (χ2v) is 25.5. The van der Waals surface area contributed by atoms with Crippen LogP contribution in [0.4, 0.5) is 0 Å². The van der Waals surface area contributed by atoms with E-state index in [1.165, 1.54) is 0 Å². The zero-order valence-electron chi connectivity index (χ0n) is 54.6. The lowest BCUT2D eigenvalue weighted by molar-refractivity contribution is -0.375. The fourth-order valence-corrected chi connectivity index (χ4v) is 12.7. The molecule has 0 spiro atoms. The number of aliphatic hydroxyl groups is 21. The van der Waals surface area contributed by atoms with Gasteiger partial charge in [-0.2, -0.15) is 0 Å². The van der Waals surface area contributed by atoms with Crippen LogP contribution in [0.25, 0.3) is 0 Å². The second kappa shape index (κ2) is 35.9. The van der Waals surface area contributed by atoms with Crippen LogP contribution in [-0.4, -0.2) is 425 Å². The number of hydrogen-bond acceptors (Lipinski definition) is 40. The maximum Gasteiger partial charge on any atom is 0.364 e. The molecule has 46 heteroatoms. The molecule has 0 aromatic carbocycles. The van der Waals surface area contributed by atoms with Gasteiger partial charge in [0.05, 0.1) is 70.5 Å². The molecule has 0 aliphatic carbocycles. The van der Waals surface area contributed by atoms with Gasteiger partial charge in [0.2, 0.25) is 23.6 Å². The Hall–Kier alpha value is -4.54. The molecule has 0 bridgehead atoms. The molecule has 102 heavy (non-hydrogen) atoms. The predicted molar refractivity (Wildman–Crippen MR) is 313 cm³/mol. The minimum absolute atomic E-state index is 0.805. The molecule has 0 radical (unpaired) electrons. The molecule has 7 heterocycles. The van der Waals surface area contributed by atoms with Crippen LogP contribution in [0.5, 0.6) is 0 Å². The highest BCUT2D eigenvalue weighted by atomic mass is 16.8. The van der Waals surface area contributed by atoms with Crippen LogP contribution in [0, 0.1) is 0 Å². The maximum atomic E-state index is 12.8. The molecule has 7 fully saturated rings. The Morgan fingerprint density at radius 2 is 0.735 bits per heavy atom. The summed E-state index contributed by atoms with van der Waals surface area (Å²) in [5, 5.41) is 258. The summed E-state index contributed by atoms with van der Waals surface area (Å²) in [6.07, 6.45) is -66.6. The molecule has 37 atom stereocenters. The minimum Gasteiger partial charge on any atom is -0.477 e. The van der Waals surface area contributed by atoms with Crippen LogP contribution in [0.2, 0.25) is 0 Å². The first kappa shape index (κ1) is 84.7. The summed E-state index contributed by atoms with van der Waals surface area (Å²) in [4.78, 5) is 74.9. The lowest BCUT2D eigenvalue weighted by Gasteiger charge is -2.49. The number of ether oxygens (including phenoxy) is 13. The molecule has 7 aliphatic rings. The van der Waals surface area contributed by atoms with Crippen molar-refractivity contribution in [2.45, 2.75) is 266 Å². The first-order chi connectivity index (χ1) is 47.8. The lowest BCUT2D eigenvalue weighted by atomic mass is 9.88. The fourth-order valence-electron chi connectivity index (χ4n) is 12.7. The normalized spacial score (nSPS) is 44.6. The van der Waals surface area contributed by atoms with Crippen molar-refractivity contribution < 1.29 is 208 Å². The number of amides is 4. The lowest BCUT2D eigenvalue weighted by Crippen LogP contribution is -2.69. The number of carbonyl (C=O) groups is 6. The van der Waals surface area contributed by atoms with Crippen molar-refractivity contribution >= 4 is 35.6 Å². The van der Waals surface area contributed by atoms with E-state index in [1.807, 2.05) is 0 Å². The number of nitrogens with one attached hydrogen (secondary N) is 4. The van der Waals surface area contributed by atoms with E-state index in [4.69, 9.17) is 61.6 Å². The van der Waals surface area contributed by atoms with Crippen LogP contribution < -0.4 is 21.3 Å².